The van der Waals surface area contributed by atoms with Gasteiger partial charge < -0.3 is 15.5 Å². The van der Waals surface area contributed by atoms with Crippen molar-refractivity contribution < 1.29 is 23.2 Å². The average Bonchev–Trinajstić information content (AvgIpc) is 3.01. The molecule has 9 heteroatoms. The Kier molecular flexibility index (Phi) is 5.84. The standard InChI is InChI=1S/C21H26F2N4O3/c22-21(23)7-9-24-8-1-2-17(21)25-11-13-3-4-15-14(10-13)12-27(20(15)30)16-5-6-18(28)26-19(16)29/h3-4,10,16-17,24-25H,1-2,5-9,11-12H2,(H,26,28,29). The van der Waals surface area contributed by atoms with Gasteiger partial charge in [0.15, 0.2) is 0 Å². The summed E-state index contributed by atoms with van der Waals surface area (Å²) in [5.74, 6) is -3.79. The van der Waals surface area contributed by atoms with Crippen LogP contribution in [-0.4, -0.2) is 53.7 Å². The Labute approximate surface area is 173 Å². The van der Waals surface area contributed by atoms with E-state index in [4.69, 9.17) is 0 Å². The zero-order valence-electron chi connectivity index (χ0n) is 16.7. The van der Waals surface area contributed by atoms with Crippen LogP contribution in [0.1, 0.15) is 53.6 Å². The van der Waals surface area contributed by atoms with Gasteiger partial charge in [0, 0.05) is 38.0 Å². The highest BCUT2D eigenvalue weighted by Crippen LogP contribution is 2.29. The summed E-state index contributed by atoms with van der Waals surface area (Å²) in [5.41, 5.74) is 2.12. The van der Waals surface area contributed by atoms with Crippen LogP contribution in [0.5, 0.6) is 0 Å². The van der Waals surface area contributed by atoms with E-state index >= 15 is 0 Å². The minimum Gasteiger partial charge on any atom is -0.322 e. The maximum absolute atomic E-state index is 14.4. The first kappa shape index (κ1) is 20.9. The topological polar surface area (TPSA) is 90.5 Å². The van der Waals surface area contributed by atoms with E-state index in [9.17, 15) is 23.2 Å². The molecule has 0 bridgehead atoms. The Hall–Kier alpha value is -2.39. The molecule has 30 heavy (non-hydrogen) atoms. The molecular formula is C21H26F2N4O3. The number of piperidine rings is 1. The number of carbonyl (C=O) groups is 3. The van der Waals surface area contributed by atoms with Crippen LogP contribution in [0.4, 0.5) is 8.78 Å². The summed E-state index contributed by atoms with van der Waals surface area (Å²) < 4.78 is 28.8. The number of alkyl halides is 2. The summed E-state index contributed by atoms with van der Waals surface area (Å²) in [6.45, 7) is 1.61. The lowest BCUT2D eigenvalue weighted by atomic mass is 9.98. The summed E-state index contributed by atoms with van der Waals surface area (Å²) in [6.07, 6.45) is 1.41. The van der Waals surface area contributed by atoms with Crippen molar-refractivity contribution in [2.45, 2.75) is 63.2 Å². The van der Waals surface area contributed by atoms with Crippen LogP contribution in [0.15, 0.2) is 18.2 Å². The monoisotopic (exact) mass is 420 g/mol. The van der Waals surface area contributed by atoms with E-state index in [-0.39, 0.29) is 37.7 Å². The number of hydrogen-bond donors (Lipinski definition) is 3. The minimum absolute atomic E-state index is 0.190. The quantitative estimate of drug-likeness (QED) is 0.639. The second-order valence-corrected chi connectivity index (χ2v) is 8.23. The van der Waals surface area contributed by atoms with E-state index < -0.39 is 23.9 Å². The van der Waals surface area contributed by atoms with Gasteiger partial charge in [0.2, 0.25) is 11.8 Å². The summed E-state index contributed by atoms with van der Waals surface area (Å²) in [7, 11) is 0. The third kappa shape index (κ3) is 4.22. The van der Waals surface area contributed by atoms with Crippen molar-refractivity contribution in [3.63, 3.8) is 0 Å². The SMILES string of the molecule is O=C1CCC(N2Cc3cc(CNC4CCCNCCC4(F)F)ccc3C2=O)C(=O)N1. The van der Waals surface area contributed by atoms with Crippen LogP contribution in [0, 0.1) is 0 Å². The number of amides is 3. The number of imide groups is 1. The Morgan fingerprint density at radius 3 is 2.80 bits per heavy atom. The molecule has 1 aromatic carbocycles. The van der Waals surface area contributed by atoms with E-state index in [1.807, 2.05) is 6.07 Å². The molecule has 2 saturated heterocycles. The van der Waals surface area contributed by atoms with Crippen LogP contribution >= 0.6 is 0 Å². The van der Waals surface area contributed by atoms with E-state index in [0.717, 1.165) is 17.7 Å². The molecule has 1 aromatic rings. The van der Waals surface area contributed by atoms with Gasteiger partial charge in [-0.25, -0.2) is 8.78 Å². The fourth-order valence-corrected chi connectivity index (χ4v) is 4.43. The minimum atomic E-state index is -2.78. The van der Waals surface area contributed by atoms with Crippen molar-refractivity contribution in [1.29, 1.82) is 0 Å². The fourth-order valence-electron chi connectivity index (χ4n) is 4.43. The van der Waals surface area contributed by atoms with E-state index in [1.54, 1.807) is 12.1 Å². The van der Waals surface area contributed by atoms with Crippen molar-refractivity contribution >= 4 is 17.7 Å². The van der Waals surface area contributed by atoms with Gasteiger partial charge in [-0.3, -0.25) is 19.7 Å². The molecule has 4 rings (SSSR count). The summed E-state index contributed by atoms with van der Waals surface area (Å²) >= 11 is 0. The van der Waals surface area contributed by atoms with E-state index in [1.165, 1.54) is 4.90 Å². The summed E-state index contributed by atoms with van der Waals surface area (Å²) in [6, 6.07) is 3.76. The third-order valence-corrected chi connectivity index (χ3v) is 6.13. The molecule has 3 aliphatic rings. The number of halogens is 2. The Morgan fingerprint density at radius 1 is 1.17 bits per heavy atom. The lowest BCUT2D eigenvalue weighted by Crippen LogP contribution is -2.52. The molecular weight excluding hydrogens is 394 g/mol. The number of benzene rings is 1. The number of fused-ring (bicyclic) bond motifs is 1. The van der Waals surface area contributed by atoms with Crippen LogP contribution < -0.4 is 16.0 Å². The molecule has 2 unspecified atom stereocenters. The average molecular weight is 420 g/mol. The molecule has 3 amide bonds. The lowest BCUT2D eigenvalue weighted by molar-refractivity contribution is -0.136. The zero-order chi connectivity index (χ0) is 21.3. The maximum atomic E-state index is 14.4. The predicted molar refractivity (Wildman–Crippen MR) is 105 cm³/mol. The van der Waals surface area contributed by atoms with Crippen LogP contribution in [0.3, 0.4) is 0 Å². The van der Waals surface area contributed by atoms with Crippen LogP contribution in [0.2, 0.25) is 0 Å². The number of nitrogens with zero attached hydrogens (tertiary/aromatic N) is 1. The molecule has 3 aliphatic heterocycles. The largest absolute Gasteiger partial charge is 0.322 e. The Balaban J connectivity index is 1.42. The summed E-state index contributed by atoms with van der Waals surface area (Å²) in [4.78, 5) is 37.7. The molecule has 0 radical (unpaired) electrons. The molecule has 3 heterocycles. The van der Waals surface area contributed by atoms with Gasteiger partial charge in [0.1, 0.15) is 6.04 Å². The smallest absolute Gasteiger partial charge is 0.264 e. The normalized spacial score (nSPS) is 26.7. The van der Waals surface area contributed by atoms with Gasteiger partial charge in [-0.1, -0.05) is 12.1 Å². The molecule has 3 N–H and O–H groups in total. The Morgan fingerprint density at radius 2 is 2.00 bits per heavy atom. The second-order valence-electron chi connectivity index (χ2n) is 8.23. The molecule has 7 nitrogen and oxygen atoms in total. The molecule has 2 fully saturated rings. The van der Waals surface area contributed by atoms with Crippen LogP contribution in [-0.2, 0) is 22.7 Å². The molecule has 0 aromatic heterocycles. The zero-order valence-corrected chi connectivity index (χ0v) is 16.7. The van der Waals surface area contributed by atoms with Crippen molar-refractivity contribution in [3.8, 4) is 0 Å². The highest BCUT2D eigenvalue weighted by Gasteiger charge is 2.40. The first-order valence-corrected chi connectivity index (χ1v) is 10.4. The second kappa shape index (κ2) is 8.39. The number of carbonyl (C=O) groups excluding carboxylic acids is 3. The van der Waals surface area contributed by atoms with Crippen molar-refractivity contribution in [2.24, 2.45) is 0 Å². The van der Waals surface area contributed by atoms with Gasteiger partial charge in [-0.15, -0.1) is 0 Å². The van der Waals surface area contributed by atoms with Gasteiger partial charge in [0.25, 0.3) is 11.8 Å². The fraction of sp³-hybridized carbons (Fsp3) is 0.571. The van der Waals surface area contributed by atoms with E-state index in [0.29, 0.717) is 31.4 Å². The molecule has 0 aliphatic carbocycles. The van der Waals surface area contributed by atoms with E-state index in [2.05, 4.69) is 16.0 Å². The lowest BCUT2D eigenvalue weighted by Gasteiger charge is -2.30. The molecule has 162 valence electrons. The van der Waals surface area contributed by atoms with Crippen molar-refractivity contribution in [2.75, 3.05) is 13.1 Å². The Bertz CT molecular complexity index is 861. The molecule has 0 spiro atoms. The third-order valence-electron chi connectivity index (χ3n) is 6.13. The number of rotatable bonds is 4. The highest BCUT2D eigenvalue weighted by molar-refractivity contribution is 6.05. The first-order chi connectivity index (χ1) is 14.3. The number of hydrogen-bond acceptors (Lipinski definition) is 5. The molecule has 2 atom stereocenters. The van der Waals surface area contributed by atoms with Gasteiger partial charge in [-0.2, -0.15) is 0 Å². The summed E-state index contributed by atoms with van der Waals surface area (Å²) in [5, 5.41) is 8.30. The van der Waals surface area contributed by atoms with Crippen LogP contribution in [0.25, 0.3) is 0 Å². The molecule has 0 saturated carbocycles. The predicted octanol–water partition coefficient (Wildman–Crippen LogP) is 1.31. The first-order valence-electron chi connectivity index (χ1n) is 10.4. The van der Waals surface area contributed by atoms with Crippen molar-refractivity contribution in [1.82, 2.24) is 20.9 Å². The van der Waals surface area contributed by atoms with Crippen molar-refractivity contribution in [3.05, 3.63) is 34.9 Å². The number of nitrogens with one attached hydrogen (secondary N) is 3. The van der Waals surface area contributed by atoms with Gasteiger partial charge in [0.05, 0.1) is 6.04 Å². The highest BCUT2D eigenvalue weighted by atomic mass is 19.3. The maximum Gasteiger partial charge on any atom is 0.264 e. The van der Waals surface area contributed by atoms with Gasteiger partial charge in [-0.05, 0) is 43.0 Å². The van der Waals surface area contributed by atoms with Gasteiger partial charge >= 0.3 is 0 Å².